The van der Waals surface area contributed by atoms with E-state index in [-0.39, 0.29) is 5.69 Å². The van der Waals surface area contributed by atoms with Gasteiger partial charge < -0.3 is 10.7 Å². The van der Waals surface area contributed by atoms with Crippen molar-refractivity contribution in [2.24, 2.45) is 5.84 Å². The molecule has 1 saturated carbocycles. The molecule has 0 bridgehead atoms. The summed E-state index contributed by atoms with van der Waals surface area (Å²) in [5.41, 5.74) is 2.57. The molecule has 0 aliphatic heterocycles. The van der Waals surface area contributed by atoms with Gasteiger partial charge in [0.05, 0.1) is 0 Å². The Kier molecular flexibility index (Phi) is 3.42. The Hall–Kier alpha value is -2.28. The number of benzene rings is 1. The highest BCUT2D eigenvalue weighted by molar-refractivity contribution is 5.61. The van der Waals surface area contributed by atoms with E-state index >= 15 is 0 Å². The fraction of sp³-hybridized carbons (Fsp3) is 0.286. The molecule has 0 saturated heterocycles. The number of anilines is 3. The summed E-state index contributed by atoms with van der Waals surface area (Å²) in [4.78, 5) is 8.54. The van der Waals surface area contributed by atoms with Crippen molar-refractivity contribution >= 4 is 17.3 Å². The Bertz CT molecular complexity index is 685. The number of aryl methyl sites for hydroxylation is 1. The van der Waals surface area contributed by atoms with Gasteiger partial charge in [0.25, 0.3) is 0 Å². The van der Waals surface area contributed by atoms with Gasteiger partial charge in [0, 0.05) is 12.0 Å². The van der Waals surface area contributed by atoms with Gasteiger partial charge in [0.2, 0.25) is 0 Å². The van der Waals surface area contributed by atoms with Crippen LogP contribution in [0.25, 0.3) is 0 Å². The molecule has 0 amide bonds. The van der Waals surface area contributed by atoms with Gasteiger partial charge in [-0.25, -0.2) is 24.6 Å². The number of nitrogens with zero attached hydrogens (tertiary/aromatic N) is 2. The largest absolute Gasteiger partial charge is 0.335 e. The average Bonchev–Trinajstić information content (AvgIpc) is 3.32. The molecular weight excluding hydrogens is 276 g/mol. The molecule has 3 rings (SSSR count). The lowest BCUT2D eigenvalue weighted by molar-refractivity contribution is 0.584. The molecule has 2 aromatic rings. The van der Waals surface area contributed by atoms with E-state index in [9.17, 15) is 8.78 Å². The normalized spacial score (nSPS) is 14.1. The highest BCUT2D eigenvalue weighted by Crippen LogP contribution is 2.39. The van der Waals surface area contributed by atoms with Crippen molar-refractivity contribution in [3.05, 3.63) is 41.2 Å². The zero-order valence-electron chi connectivity index (χ0n) is 11.5. The van der Waals surface area contributed by atoms with Crippen LogP contribution in [-0.2, 0) is 0 Å². The van der Waals surface area contributed by atoms with Crippen molar-refractivity contribution in [3.63, 3.8) is 0 Å². The Morgan fingerprint density at radius 1 is 1.19 bits per heavy atom. The van der Waals surface area contributed by atoms with E-state index in [2.05, 4.69) is 20.7 Å². The van der Waals surface area contributed by atoms with Crippen LogP contribution >= 0.6 is 0 Å². The zero-order valence-corrected chi connectivity index (χ0v) is 11.5. The van der Waals surface area contributed by atoms with Crippen molar-refractivity contribution < 1.29 is 8.78 Å². The third-order valence-electron chi connectivity index (χ3n) is 3.37. The van der Waals surface area contributed by atoms with Gasteiger partial charge >= 0.3 is 0 Å². The molecule has 110 valence electrons. The third kappa shape index (κ3) is 2.78. The molecule has 0 radical (unpaired) electrons. The van der Waals surface area contributed by atoms with E-state index < -0.39 is 11.6 Å². The van der Waals surface area contributed by atoms with Crippen molar-refractivity contribution in [1.29, 1.82) is 0 Å². The second kappa shape index (κ2) is 5.25. The van der Waals surface area contributed by atoms with Crippen molar-refractivity contribution in [2.45, 2.75) is 25.7 Å². The van der Waals surface area contributed by atoms with Crippen LogP contribution in [0.5, 0.6) is 0 Å². The topological polar surface area (TPSA) is 75.9 Å². The Morgan fingerprint density at radius 3 is 2.57 bits per heavy atom. The minimum absolute atomic E-state index is 0.224. The number of aromatic nitrogens is 2. The smallest absolute Gasteiger partial charge is 0.152 e. The number of nitrogens with two attached hydrogens (primary N) is 1. The lowest BCUT2D eigenvalue weighted by Crippen LogP contribution is -2.11. The summed E-state index contributed by atoms with van der Waals surface area (Å²) >= 11 is 0. The molecule has 0 unspecified atom stereocenters. The predicted octanol–water partition coefficient (Wildman–Crippen LogP) is 2.97. The maximum atomic E-state index is 14.0. The minimum Gasteiger partial charge on any atom is -0.335 e. The Balaban J connectivity index is 1.98. The molecule has 1 fully saturated rings. The molecule has 0 atom stereocenters. The molecule has 1 heterocycles. The zero-order chi connectivity index (χ0) is 15.0. The number of rotatable bonds is 4. The summed E-state index contributed by atoms with van der Waals surface area (Å²) in [5, 5.41) is 2.68. The fourth-order valence-electron chi connectivity index (χ4n) is 2.03. The molecule has 0 spiro atoms. The Morgan fingerprint density at radius 2 is 1.90 bits per heavy atom. The van der Waals surface area contributed by atoms with Gasteiger partial charge in [0.15, 0.2) is 5.82 Å². The van der Waals surface area contributed by atoms with Crippen LogP contribution in [0.2, 0.25) is 0 Å². The lowest BCUT2D eigenvalue weighted by Gasteiger charge is -2.12. The molecule has 21 heavy (non-hydrogen) atoms. The number of halogens is 2. The molecular formula is C14H15F2N5. The van der Waals surface area contributed by atoms with Gasteiger partial charge in [0.1, 0.15) is 29.0 Å². The maximum Gasteiger partial charge on any atom is 0.152 e. The van der Waals surface area contributed by atoms with Crippen LogP contribution in [0.3, 0.4) is 0 Å². The summed E-state index contributed by atoms with van der Waals surface area (Å²) in [5.74, 6) is 5.70. The van der Waals surface area contributed by atoms with Gasteiger partial charge in [-0.15, -0.1) is 0 Å². The van der Waals surface area contributed by atoms with Crippen molar-refractivity contribution in [2.75, 3.05) is 10.7 Å². The number of hydrazine groups is 1. The van der Waals surface area contributed by atoms with E-state index in [1.165, 1.54) is 18.2 Å². The van der Waals surface area contributed by atoms with E-state index in [0.29, 0.717) is 28.9 Å². The molecule has 1 aromatic carbocycles. The molecule has 1 aliphatic rings. The number of hydrogen-bond acceptors (Lipinski definition) is 5. The van der Waals surface area contributed by atoms with E-state index in [0.717, 1.165) is 12.8 Å². The summed E-state index contributed by atoms with van der Waals surface area (Å²) in [7, 11) is 0. The van der Waals surface area contributed by atoms with Crippen LogP contribution in [0.1, 0.15) is 30.1 Å². The third-order valence-corrected chi connectivity index (χ3v) is 3.37. The first-order valence-corrected chi connectivity index (χ1v) is 6.65. The standard InChI is InChI=1S/C14H15F2N5/c1-7-2-5-9(15)13(12(7)16)18-10-6-11(21-17)20-14(19-10)8-3-4-8/h2,5-6,8H,3-4,17H2,1H3,(H2,18,19,20,21). The number of nitrogens with one attached hydrogen (secondary N) is 2. The van der Waals surface area contributed by atoms with E-state index in [4.69, 9.17) is 5.84 Å². The summed E-state index contributed by atoms with van der Waals surface area (Å²) < 4.78 is 27.8. The SMILES string of the molecule is Cc1ccc(F)c(Nc2cc(NN)nc(C3CC3)n2)c1F. The monoisotopic (exact) mass is 291 g/mol. The number of hydrogen-bond donors (Lipinski definition) is 3. The van der Waals surface area contributed by atoms with Crippen LogP contribution in [-0.4, -0.2) is 9.97 Å². The van der Waals surface area contributed by atoms with Crippen LogP contribution in [0.4, 0.5) is 26.1 Å². The van der Waals surface area contributed by atoms with Gasteiger partial charge in [-0.3, -0.25) is 0 Å². The van der Waals surface area contributed by atoms with Crippen LogP contribution in [0.15, 0.2) is 18.2 Å². The highest BCUT2D eigenvalue weighted by Gasteiger charge is 2.27. The fourth-order valence-corrected chi connectivity index (χ4v) is 2.03. The minimum atomic E-state index is -0.674. The maximum absolute atomic E-state index is 14.0. The quantitative estimate of drug-likeness (QED) is 0.596. The summed E-state index contributed by atoms with van der Waals surface area (Å²) in [6, 6.07) is 4.11. The first-order valence-electron chi connectivity index (χ1n) is 6.65. The van der Waals surface area contributed by atoms with E-state index in [1.807, 2.05) is 0 Å². The van der Waals surface area contributed by atoms with Crippen LogP contribution in [0, 0.1) is 18.6 Å². The molecule has 7 heteroatoms. The second-order valence-electron chi connectivity index (χ2n) is 5.09. The van der Waals surface area contributed by atoms with Gasteiger partial charge in [-0.05, 0) is 31.4 Å². The summed E-state index contributed by atoms with van der Waals surface area (Å²) in [6.45, 7) is 1.57. The predicted molar refractivity (Wildman–Crippen MR) is 76.2 cm³/mol. The molecule has 1 aliphatic carbocycles. The van der Waals surface area contributed by atoms with Crippen molar-refractivity contribution in [1.82, 2.24) is 9.97 Å². The highest BCUT2D eigenvalue weighted by atomic mass is 19.1. The van der Waals surface area contributed by atoms with E-state index in [1.54, 1.807) is 6.92 Å². The Labute approximate surface area is 120 Å². The second-order valence-corrected chi connectivity index (χ2v) is 5.09. The summed E-state index contributed by atoms with van der Waals surface area (Å²) in [6.07, 6.45) is 2.03. The molecule has 5 nitrogen and oxygen atoms in total. The first kappa shape index (κ1) is 13.7. The molecule has 1 aromatic heterocycles. The van der Waals surface area contributed by atoms with Gasteiger partial charge in [-0.1, -0.05) is 6.07 Å². The first-order chi connectivity index (χ1) is 10.1. The number of nitrogen functional groups attached to an aromatic ring is 1. The molecule has 4 N–H and O–H groups in total. The average molecular weight is 291 g/mol. The van der Waals surface area contributed by atoms with Gasteiger partial charge in [-0.2, -0.15) is 0 Å². The lowest BCUT2D eigenvalue weighted by atomic mass is 10.2. The van der Waals surface area contributed by atoms with Crippen molar-refractivity contribution in [3.8, 4) is 0 Å². The van der Waals surface area contributed by atoms with Crippen LogP contribution < -0.4 is 16.6 Å².